The third-order valence-corrected chi connectivity index (χ3v) is 5.98. The van der Waals surface area contributed by atoms with Crippen molar-refractivity contribution in [3.05, 3.63) is 108 Å². The van der Waals surface area contributed by atoms with Crippen LogP contribution in [0.1, 0.15) is 21.5 Å². The second-order valence-electron chi connectivity index (χ2n) is 8.14. The number of primary amides is 1. The Labute approximate surface area is 208 Å². The maximum atomic E-state index is 13.3. The molecule has 0 spiro atoms. The first kappa shape index (κ1) is 24.0. The monoisotopic (exact) mass is 483 g/mol. The van der Waals surface area contributed by atoms with E-state index < -0.39 is 11.9 Å². The van der Waals surface area contributed by atoms with Gasteiger partial charge in [0.25, 0.3) is 0 Å². The number of benzene rings is 4. The van der Waals surface area contributed by atoms with Crippen molar-refractivity contribution in [3.63, 3.8) is 0 Å². The molecule has 4 aromatic rings. The molecule has 1 atom stereocenters. The zero-order chi connectivity index (χ0) is 24.8. The number of rotatable bonds is 9. The quantitative estimate of drug-likeness (QED) is 0.209. The van der Waals surface area contributed by atoms with Crippen LogP contribution in [0.25, 0.3) is 10.8 Å². The van der Waals surface area contributed by atoms with E-state index in [2.05, 4.69) is 23.3 Å². The summed E-state index contributed by atoms with van der Waals surface area (Å²) in [5.41, 5.74) is 7.97. The molecule has 0 aliphatic rings. The molecule has 2 amide bonds. The Morgan fingerprint density at radius 3 is 2.26 bits per heavy atom. The van der Waals surface area contributed by atoms with Crippen molar-refractivity contribution in [2.24, 2.45) is 5.73 Å². The Morgan fingerprint density at radius 1 is 0.829 bits per heavy atom. The van der Waals surface area contributed by atoms with Gasteiger partial charge in [0.05, 0.1) is 12.1 Å². The molecule has 0 fully saturated rings. The van der Waals surface area contributed by atoms with Crippen LogP contribution in [0, 0.1) is 0 Å². The molecule has 0 unspecified atom stereocenters. The smallest absolute Gasteiger partial charge is 0.240 e. The number of carbonyl (C=O) groups is 3. The van der Waals surface area contributed by atoms with Crippen LogP contribution in [-0.4, -0.2) is 29.4 Å². The maximum absolute atomic E-state index is 13.3. The van der Waals surface area contributed by atoms with Crippen LogP contribution in [0.15, 0.2) is 91.0 Å². The van der Waals surface area contributed by atoms with Gasteiger partial charge in [0.2, 0.25) is 11.8 Å². The fourth-order valence-corrected chi connectivity index (χ4v) is 4.08. The minimum Gasteiger partial charge on any atom is -0.373 e. The van der Waals surface area contributed by atoms with Gasteiger partial charge in [-0.05, 0) is 34.5 Å². The normalized spacial score (nSPS) is 11.6. The molecule has 0 saturated carbocycles. The van der Waals surface area contributed by atoms with Crippen molar-refractivity contribution in [1.29, 1.82) is 0 Å². The second-order valence-corrected chi connectivity index (χ2v) is 8.51. The fourth-order valence-electron chi connectivity index (χ4n) is 3.81. The number of hydrogen-bond acceptors (Lipinski definition) is 5. The Morgan fingerprint density at radius 2 is 1.54 bits per heavy atom. The van der Waals surface area contributed by atoms with Gasteiger partial charge in [0, 0.05) is 22.6 Å². The highest BCUT2D eigenvalue weighted by molar-refractivity contribution is 7.80. The SMILES string of the molecule is NC(=O)[C@H](CS)Nc1ccc(NC(=O)Cc2ccc3ccccc3c2)c(C(=O)c2ccccc2)c1. The van der Waals surface area contributed by atoms with Crippen LogP contribution in [0.2, 0.25) is 0 Å². The number of nitrogens with two attached hydrogens (primary N) is 1. The first-order valence-electron chi connectivity index (χ1n) is 11.1. The average molecular weight is 484 g/mol. The number of carbonyl (C=O) groups excluding carboxylic acids is 3. The standard InChI is InChI=1S/C28H25N3O3S/c29-28(34)25(17-35)30-22-12-13-24(23(16-22)27(33)20-7-2-1-3-8-20)31-26(32)15-18-10-11-19-6-4-5-9-21(19)14-18/h1-14,16,25,30,35H,15,17H2,(H2,29,34)(H,31,32)/t25-/m0/s1. The molecule has 0 saturated heterocycles. The van der Waals surface area contributed by atoms with E-state index >= 15 is 0 Å². The minimum atomic E-state index is -0.702. The van der Waals surface area contributed by atoms with E-state index in [0.29, 0.717) is 22.5 Å². The molecule has 0 radical (unpaired) electrons. The van der Waals surface area contributed by atoms with Crippen LogP contribution in [0.5, 0.6) is 0 Å². The number of fused-ring (bicyclic) bond motifs is 1. The predicted molar refractivity (Wildman–Crippen MR) is 143 cm³/mol. The maximum Gasteiger partial charge on any atom is 0.240 e. The van der Waals surface area contributed by atoms with E-state index in [1.807, 2.05) is 48.5 Å². The molecule has 176 valence electrons. The lowest BCUT2D eigenvalue weighted by molar-refractivity contribution is -0.118. The summed E-state index contributed by atoms with van der Waals surface area (Å²) >= 11 is 4.16. The summed E-state index contributed by atoms with van der Waals surface area (Å²) in [5, 5.41) is 8.04. The van der Waals surface area contributed by atoms with Crippen LogP contribution < -0.4 is 16.4 Å². The van der Waals surface area contributed by atoms with Crippen molar-refractivity contribution >= 4 is 52.4 Å². The molecule has 6 nitrogen and oxygen atoms in total. The van der Waals surface area contributed by atoms with E-state index in [-0.39, 0.29) is 23.9 Å². The molecule has 0 heterocycles. The van der Waals surface area contributed by atoms with Gasteiger partial charge in [-0.15, -0.1) is 0 Å². The van der Waals surface area contributed by atoms with Gasteiger partial charge in [0.15, 0.2) is 5.78 Å². The molecular formula is C28H25N3O3S. The van der Waals surface area contributed by atoms with Gasteiger partial charge in [-0.3, -0.25) is 14.4 Å². The Balaban J connectivity index is 1.61. The largest absolute Gasteiger partial charge is 0.373 e. The summed E-state index contributed by atoms with van der Waals surface area (Å²) in [6, 6.07) is 26.9. The van der Waals surface area contributed by atoms with Crippen molar-refractivity contribution in [1.82, 2.24) is 0 Å². The van der Waals surface area contributed by atoms with E-state index in [9.17, 15) is 14.4 Å². The molecule has 4 aromatic carbocycles. The topological polar surface area (TPSA) is 101 Å². The van der Waals surface area contributed by atoms with E-state index in [4.69, 9.17) is 5.73 Å². The third kappa shape index (κ3) is 5.88. The molecule has 0 aliphatic carbocycles. The number of anilines is 2. The number of thiol groups is 1. The van der Waals surface area contributed by atoms with Crippen molar-refractivity contribution in [2.45, 2.75) is 12.5 Å². The number of hydrogen-bond donors (Lipinski definition) is 4. The summed E-state index contributed by atoms with van der Waals surface area (Å²) in [6.07, 6.45) is 0.160. The highest BCUT2D eigenvalue weighted by atomic mass is 32.1. The fraction of sp³-hybridized carbons (Fsp3) is 0.107. The number of amides is 2. The molecule has 0 aliphatic heterocycles. The first-order chi connectivity index (χ1) is 16.9. The number of ketones is 1. The lowest BCUT2D eigenvalue weighted by Gasteiger charge is -2.17. The lowest BCUT2D eigenvalue weighted by atomic mass is 10.00. The molecule has 0 bridgehead atoms. The minimum absolute atomic E-state index is 0.160. The van der Waals surface area contributed by atoms with Crippen LogP contribution in [0.3, 0.4) is 0 Å². The predicted octanol–water partition coefficient (Wildman–Crippen LogP) is 4.45. The van der Waals surface area contributed by atoms with Gasteiger partial charge in [0.1, 0.15) is 6.04 Å². The molecule has 0 aromatic heterocycles. The van der Waals surface area contributed by atoms with Crippen molar-refractivity contribution < 1.29 is 14.4 Å². The summed E-state index contributed by atoms with van der Waals surface area (Å²) in [6.45, 7) is 0. The van der Waals surface area contributed by atoms with E-state index in [1.54, 1.807) is 42.5 Å². The van der Waals surface area contributed by atoms with Gasteiger partial charge in [-0.1, -0.05) is 72.8 Å². The molecule has 4 rings (SSSR count). The Hall–Kier alpha value is -4.10. The third-order valence-electron chi connectivity index (χ3n) is 5.62. The summed E-state index contributed by atoms with van der Waals surface area (Å²) in [5.74, 6) is -0.851. The zero-order valence-corrected chi connectivity index (χ0v) is 19.8. The highest BCUT2D eigenvalue weighted by Crippen LogP contribution is 2.25. The van der Waals surface area contributed by atoms with Gasteiger partial charge >= 0.3 is 0 Å². The van der Waals surface area contributed by atoms with Gasteiger partial charge in [-0.2, -0.15) is 12.6 Å². The average Bonchev–Trinajstić information content (AvgIpc) is 2.87. The summed E-state index contributed by atoms with van der Waals surface area (Å²) in [4.78, 5) is 37.9. The molecule has 7 heteroatoms. The molecule has 4 N–H and O–H groups in total. The Kier molecular flexibility index (Phi) is 7.48. The van der Waals surface area contributed by atoms with Crippen molar-refractivity contribution in [3.8, 4) is 0 Å². The summed E-state index contributed by atoms with van der Waals surface area (Å²) in [7, 11) is 0. The van der Waals surface area contributed by atoms with Gasteiger partial charge in [-0.25, -0.2) is 0 Å². The molecular weight excluding hydrogens is 458 g/mol. The van der Waals surface area contributed by atoms with Crippen molar-refractivity contribution in [2.75, 3.05) is 16.4 Å². The van der Waals surface area contributed by atoms with Crippen LogP contribution >= 0.6 is 12.6 Å². The van der Waals surface area contributed by atoms with Gasteiger partial charge < -0.3 is 16.4 Å². The van der Waals surface area contributed by atoms with E-state index in [0.717, 1.165) is 16.3 Å². The Bertz CT molecular complexity index is 1390. The first-order valence-corrected chi connectivity index (χ1v) is 11.8. The number of nitrogens with one attached hydrogen (secondary N) is 2. The summed E-state index contributed by atoms with van der Waals surface area (Å²) < 4.78 is 0. The second kappa shape index (κ2) is 10.9. The van der Waals surface area contributed by atoms with E-state index in [1.165, 1.54) is 0 Å². The highest BCUT2D eigenvalue weighted by Gasteiger charge is 2.19. The molecule has 35 heavy (non-hydrogen) atoms. The van der Waals surface area contributed by atoms with Crippen LogP contribution in [0.4, 0.5) is 11.4 Å². The van der Waals surface area contributed by atoms with Crippen LogP contribution in [-0.2, 0) is 16.0 Å². The lowest BCUT2D eigenvalue weighted by Crippen LogP contribution is -2.36. The zero-order valence-electron chi connectivity index (χ0n) is 18.9.